The van der Waals surface area contributed by atoms with E-state index in [4.69, 9.17) is 0 Å². The Morgan fingerprint density at radius 3 is 1.90 bits per heavy atom. The molecule has 0 saturated carbocycles. The molecule has 0 aromatic heterocycles. The smallest absolute Gasteiger partial charge is 1.00 e. The Morgan fingerprint density at radius 2 is 1.80 bits per heavy atom. The van der Waals surface area contributed by atoms with Gasteiger partial charge in [-0.2, -0.15) is 0 Å². The van der Waals surface area contributed by atoms with E-state index < -0.39 is 11.9 Å². The first-order valence-electron chi connectivity index (χ1n) is 2.42. The second-order valence-electron chi connectivity index (χ2n) is 1.66. The maximum Gasteiger partial charge on any atom is 1.00 e. The van der Waals surface area contributed by atoms with Gasteiger partial charge in [-0.3, -0.25) is 4.79 Å². The Bertz CT molecular complexity index is 167. The second-order valence-corrected chi connectivity index (χ2v) is 1.66. The van der Waals surface area contributed by atoms with Crippen molar-refractivity contribution in [2.75, 3.05) is 0 Å². The molecular formula is C6H9NaO3. The number of hydrogen-bond acceptors (Lipinski definition) is 3. The van der Waals surface area contributed by atoms with E-state index in [1.165, 1.54) is 13.8 Å². The van der Waals surface area contributed by atoms with Gasteiger partial charge >= 0.3 is 41.5 Å². The van der Waals surface area contributed by atoms with Crippen LogP contribution in [0.2, 0.25) is 0 Å². The Balaban J connectivity index is -0.000000320. The van der Waals surface area contributed by atoms with Crippen LogP contribution in [0.5, 0.6) is 0 Å². The van der Waals surface area contributed by atoms with E-state index in [0.717, 1.165) is 0 Å². The number of ether oxygens (including phenoxy) is 1. The molecule has 0 radical (unpaired) electrons. The summed E-state index contributed by atoms with van der Waals surface area (Å²) < 4.78 is 4.13. The van der Waals surface area contributed by atoms with Crippen LogP contribution in [0.4, 0.5) is 0 Å². The molecule has 0 saturated heterocycles. The predicted molar refractivity (Wildman–Crippen MR) is 32.7 cm³/mol. The van der Waals surface area contributed by atoms with Crippen LogP contribution in [0.25, 0.3) is 0 Å². The molecule has 0 rings (SSSR count). The molecule has 0 atom stereocenters. The minimum atomic E-state index is -0.664. The molecule has 0 unspecified atom stereocenters. The number of esters is 2. The molecule has 0 fully saturated rings. The summed E-state index contributed by atoms with van der Waals surface area (Å²) in [6.45, 7) is 5.93. The number of carbonyl (C=O) groups excluding carboxylic acids is 2. The zero-order valence-electron chi connectivity index (χ0n) is 7.43. The van der Waals surface area contributed by atoms with Gasteiger partial charge < -0.3 is 6.16 Å². The minimum absolute atomic E-state index is 0. The molecule has 0 aliphatic rings. The molecular weight excluding hydrogens is 143 g/mol. The summed E-state index contributed by atoms with van der Waals surface area (Å²) in [6, 6.07) is 0. The standard InChI is InChI=1S/C6H8O3.Na.H/c1-4(2)6(8)9-5(3)7;;/h1H2,2-3H3;;/q;+1;-1. The van der Waals surface area contributed by atoms with Crippen LogP contribution in [0, 0.1) is 0 Å². The summed E-state index contributed by atoms with van der Waals surface area (Å²) in [5.41, 5.74) is 0.227. The Morgan fingerprint density at radius 1 is 1.40 bits per heavy atom. The molecule has 0 aromatic rings. The van der Waals surface area contributed by atoms with E-state index in [0.29, 0.717) is 0 Å². The summed E-state index contributed by atoms with van der Waals surface area (Å²) in [5.74, 6) is -1.27. The first kappa shape index (κ1) is 12.5. The van der Waals surface area contributed by atoms with Gasteiger partial charge in [0.2, 0.25) is 0 Å². The third-order valence-corrected chi connectivity index (χ3v) is 0.585. The Kier molecular flexibility index (Phi) is 7.09. The fourth-order valence-electron chi connectivity index (χ4n) is 0.218. The molecule has 10 heavy (non-hydrogen) atoms. The number of carbonyl (C=O) groups is 2. The molecule has 52 valence electrons. The van der Waals surface area contributed by atoms with Crippen molar-refractivity contribution in [1.82, 2.24) is 0 Å². The first-order valence-corrected chi connectivity index (χ1v) is 2.42. The predicted octanol–water partition coefficient (Wildman–Crippen LogP) is -2.23. The van der Waals surface area contributed by atoms with Crippen molar-refractivity contribution in [2.45, 2.75) is 13.8 Å². The summed E-state index contributed by atoms with van der Waals surface area (Å²) >= 11 is 0. The van der Waals surface area contributed by atoms with Gasteiger partial charge in [0, 0.05) is 12.5 Å². The molecule has 0 aliphatic carbocycles. The van der Waals surface area contributed by atoms with Gasteiger partial charge in [0.25, 0.3) is 0 Å². The fraction of sp³-hybridized carbons (Fsp3) is 0.333. The van der Waals surface area contributed by atoms with E-state index in [2.05, 4.69) is 11.3 Å². The minimum Gasteiger partial charge on any atom is -1.00 e. The molecule has 4 heteroatoms. The average molecular weight is 152 g/mol. The second kappa shape index (κ2) is 5.65. The van der Waals surface area contributed by atoms with E-state index in [1.54, 1.807) is 0 Å². The molecule has 0 bridgehead atoms. The van der Waals surface area contributed by atoms with E-state index in [1.807, 2.05) is 0 Å². The van der Waals surface area contributed by atoms with Crippen molar-refractivity contribution in [2.24, 2.45) is 0 Å². The molecule has 0 aromatic carbocycles. The summed E-state index contributed by atoms with van der Waals surface area (Å²) in [5, 5.41) is 0. The van der Waals surface area contributed by atoms with Gasteiger partial charge in [-0.15, -0.1) is 0 Å². The topological polar surface area (TPSA) is 43.4 Å². The maximum atomic E-state index is 10.4. The summed E-state index contributed by atoms with van der Waals surface area (Å²) in [7, 11) is 0. The average Bonchev–Trinajstić information content (AvgIpc) is 1.63. The van der Waals surface area contributed by atoms with Gasteiger partial charge in [0.1, 0.15) is 0 Å². The van der Waals surface area contributed by atoms with E-state index in [9.17, 15) is 9.59 Å². The van der Waals surface area contributed by atoms with Gasteiger partial charge in [-0.25, -0.2) is 4.79 Å². The molecule has 3 nitrogen and oxygen atoms in total. The zero-order valence-corrected chi connectivity index (χ0v) is 8.43. The number of rotatable bonds is 1. The zero-order chi connectivity index (χ0) is 7.44. The van der Waals surface area contributed by atoms with Gasteiger partial charge in [-0.1, -0.05) is 6.58 Å². The molecule has 0 heterocycles. The maximum absolute atomic E-state index is 10.4. The van der Waals surface area contributed by atoms with Crippen LogP contribution in [0.15, 0.2) is 12.2 Å². The third-order valence-electron chi connectivity index (χ3n) is 0.585. The van der Waals surface area contributed by atoms with Crippen LogP contribution in [-0.2, 0) is 14.3 Å². The van der Waals surface area contributed by atoms with Crippen molar-refractivity contribution in [3.8, 4) is 0 Å². The largest absolute Gasteiger partial charge is 1.00 e. The van der Waals surface area contributed by atoms with Crippen LogP contribution in [0.3, 0.4) is 0 Å². The first-order chi connectivity index (χ1) is 4.04. The molecule has 0 aliphatic heterocycles. The fourth-order valence-corrected chi connectivity index (χ4v) is 0.218. The third kappa shape index (κ3) is 6.01. The Hall–Kier alpha value is -0.120. The summed E-state index contributed by atoms with van der Waals surface area (Å²) in [4.78, 5) is 20.5. The Labute approximate surface area is 83.2 Å². The van der Waals surface area contributed by atoms with Crippen molar-refractivity contribution >= 4 is 11.9 Å². The number of hydrogen-bond donors (Lipinski definition) is 0. The van der Waals surface area contributed by atoms with Crippen LogP contribution >= 0.6 is 0 Å². The van der Waals surface area contributed by atoms with Crippen molar-refractivity contribution in [3.05, 3.63) is 12.2 Å². The molecule has 0 N–H and O–H groups in total. The molecule has 0 spiro atoms. The monoisotopic (exact) mass is 152 g/mol. The normalized spacial score (nSPS) is 7.40. The van der Waals surface area contributed by atoms with Crippen LogP contribution in [0.1, 0.15) is 15.3 Å². The van der Waals surface area contributed by atoms with Crippen LogP contribution < -0.4 is 29.6 Å². The van der Waals surface area contributed by atoms with E-state index >= 15 is 0 Å². The van der Waals surface area contributed by atoms with Gasteiger partial charge in [0.15, 0.2) is 0 Å². The quantitative estimate of drug-likeness (QED) is 0.185. The van der Waals surface area contributed by atoms with Crippen molar-refractivity contribution < 1.29 is 45.3 Å². The van der Waals surface area contributed by atoms with Crippen LogP contribution in [-0.4, -0.2) is 11.9 Å². The van der Waals surface area contributed by atoms with Gasteiger partial charge in [-0.05, 0) is 6.92 Å². The van der Waals surface area contributed by atoms with Gasteiger partial charge in [0.05, 0.1) is 0 Å². The molecule has 0 amide bonds. The van der Waals surface area contributed by atoms with Crippen molar-refractivity contribution in [3.63, 3.8) is 0 Å². The van der Waals surface area contributed by atoms with Crippen molar-refractivity contribution in [1.29, 1.82) is 0 Å². The van der Waals surface area contributed by atoms with E-state index in [-0.39, 0.29) is 36.6 Å². The SMILES string of the molecule is C=C(C)C(=O)OC(C)=O.[H-].[Na+]. The summed E-state index contributed by atoms with van der Waals surface area (Å²) in [6.07, 6.45) is 0.